The number of aryl methyl sites for hydroxylation is 4. The molecule has 29 heavy (non-hydrogen) atoms. The van der Waals surface area contributed by atoms with Crippen LogP contribution in [0.3, 0.4) is 0 Å². The Hall–Kier alpha value is -2.38. The van der Waals surface area contributed by atoms with Crippen molar-refractivity contribution in [3.63, 3.8) is 0 Å². The van der Waals surface area contributed by atoms with Gasteiger partial charge in [0, 0.05) is 23.8 Å². The normalized spacial score (nSPS) is 10.9. The molecule has 0 saturated heterocycles. The van der Waals surface area contributed by atoms with Crippen LogP contribution in [0.4, 0.5) is 5.69 Å². The van der Waals surface area contributed by atoms with E-state index >= 15 is 0 Å². The number of nitrogens with zero attached hydrogens (tertiary/aromatic N) is 4. The Labute approximate surface area is 182 Å². The van der Waals surface area contributed by atoms with E-state index in [9.17, 15) is 0 Å². The minimum atomic E-state index is 0.599. The van der Waals surface area contributed by atoms with E-state index in [2.05, 4.69) is 33.8 Å². The van der Waals surface area contributed by atoms with Crippen molar-refractivity contribution < 1.29 is 0 Å². The van der Waals surface area contributed by atoms with Gasteiger partial charge in [-0.3, -0.25) is 9.36 Å². The lowest BCUT2D eigenvalue weighted by molar-refractivity contribution is 0.558. The average molecular weight is 431 g/mol. The monoisotopic (exact) mass is 430 g/mol. The van der Waals surface area contributed by atoms with Crippen molar-refractivity contribution in [1.29, 1.82) is 0 Å². The molecule has 2 heterocycles. The summed E-state index contributed by atoms with van der Waals surface area (Å²) in [6.45, 7) is 10.4. The second-order valence-corrected chi connectivity index (χ2v) is 8.00. The zero-order valence-corrected chi connectivity index (χ0v) is 18.9. The summed E-state index contributed by atoms with van der Waals surface area (Å²) in [7, 11) is 0. The number of aromatic nitrogens is 4. The summed E-state index contributed by atoms with van der Waals surface area (Å²) in [5.74, 6) is 0. The molecule has 6 nitrogen and oxygen atoms in total. The van der Waals surface area contributed by atoms with Gasteiger partial charge in [0.05, 0.1) is 29.3 Å². The van der Waals surface area contributed by atoms with E-state index in [1.807, 2.05) is 54.4 Å². The summed E-state index contributed by atoms with van der Waals surface area (Å²) in [6.07, 6.45) is 0.938. The fourth-order valence-corrected chi connectivity index (χ4v) is 3.71. The molecule has 0 atom stereocenters. The maximum atomic E-state index is 6.29. The SMILES string of the molecule is Cc1cc(C)n(CCCNC(=S)Nc2c(C)nn(Cc3ccccc3Cl)c2C)n1. The fraction of sp³-hybridized carbons (Fsp3) is 0.381. The summed E-state index contributed by atoms with van der Waals surface area (Å²) in [4.78, 5) is 0. The average Bonchev–Trinajstić information content (AvgIpc) is 3.13. The quantitative estimate of drug-likeness (QED) is 0.430. The third-order valence-corrected chi connectivity index (χ3v) is 5.45. The van der Waals surface area contributed by atoms with E-state index in [0.717, 1.165) is 52.9 Å². The summed E-state index contributed by atoms with van der Waals surface area (Å²) < 4.78 is 3.98. The van der Waals surface area contributed by atoms with Crippen LogP contribution < -0.4 is 10.6 Å². The van der Waals surface area contributed by atoms with Crippen LogP contribution in [0.5, 0.6) is 0 Å². The largest absolute Gasteiger partial charge is 0.362 e. The first-order chi connectivity index (χ1) is 13.8. The Balaban J connectivity index is 1.54. The molecule has 0 unspecified atom stereocenters. The molecule has 0 radical (unpaired) electrons. The van der Waals surface area contributed by atoms with Crippen molar-refractivity contribution in [3.8, 4) is 0 Å². The maximum absolute atomic E-state index is 6.29. The number of anilines is 1. The number of hydrogen-bond acceptors (Lipinski definition) is 3. The minimum absolute atomic E-state index is 0.599. The topological polar surface area (TPSA) is 59.7 Å². The molecular formula is C21H27ClN6S. The molecule has 1 aromatic carbocycles. The predicted octanol–water partition coefficient (Wildman–Crippen LogP) is 4.39. The van der Waals surface area contributed by atoms with E-state index in [-0.39, 0.29) is 0 Å². The van der Waals surface area contributed by atoms with Crippen LogP contribution >= 0.6 is 23.8 Å². The Bertz CT molecular complexity index is 1010. The molecular weight excluding hydrogens is 404 g/mol. The molecule has 0 bridgehead atoms. The van der Waals surface area contributed by atoms with Gasteiger partial charge in [-0.1, -0.05) is 29.8 Å². The van der Waals surface area contributed by atoms with Crippen LogP contribution in [-0.4, -0.2) is 31.2 Å². The highest BCUT2D eigenvalue weighted by Crippen LogP contribution is 2.22. The van der Waals surface area contributed by atoms with E-state index in [1.165, 1.54) is 5.69 Å². The van der Waals surface area contributed by atoms with E-state index in [4.69, 9.17) is 23.8 Å². The number of thiocarbonyl (C=S) groups is 1. The van der Waals surface area contributed by atoms with Gasteiger partial charge in [0.15, 0.2) is 5.11 Å². The van der Waals surface area contributed by atoms with Gasteiger partial charge in [0.1, 0.15) is 0 Å². The second kappa shape index (κ2) is 9.41. The number of halogens is 1. The Morgan fingerprint density at radius 1 is 1.10 bits per heavy atom. The Morgan fingerprint density at radius 3 is 2.55 bits per heavy atom. The zero-order chi connectivity index (χ0) is 21.0. The smallest absolute Gasteiger partial charge is 0.170 e. The van der Waals surface area contributed by atoms with Crippen LogP contribution in [-0.2, 0) is 13.1 Å². The van der Waals surface area contributed by atoms with Gasteiger partial charge >= 0.3 is 0 Å². The van der Waals surface area contributed by atoms with Crippen molar-refractivity contribution in [3.05, 3.63) is 63.7 Å². The molecule has 2 N–H and O–H groups in total. The van der Waals surface area contributed by atoms with Crippen molar-refractivity contribution in [1.82, 2.24) is 24.9 Å². The molecule has 0 saturated carbocycles. The zero-order valence-electron chi connectivity index (χ0n) is 17.3. The molecule has 8 heteroatoms. The molecule has 0 aliphatic carbocycles. The lowest BCUT2D eigenvalue weighted by Crippen LogP contribution is -2.30. The third kappa shape index (κ3) is 5.36. The van der Waals surface area contributed by atoms with Crippen LogP contribution in [0, 0.1) is 27.7 Å². The van der Waals surface area contributed by atoms with E-state index < -0.39 is 0 Å². The molecule has 0 fully saturated rings. The Morgan fingerprint density at radius 2 is 1.86 bits per heavy atom. The molecule has 154 valence electrons. The lowest BCUT2D eigenvalue weighted by atomic mass is 10.2. The van der Waals surface area contributed by atoms with Gasteiger partial charge in [-0.2, -0.15) is 10.2 Å². The van der Waals surface area contributed by atoms with Crippen LogP contribution in [0.2, 0.25) is 5.02 Å². The molecule has 0 aliphatic heterocycles. The Kier molecular flexibility index (Phi) is 6.92. The lowest BCUT2D eigenvalue weighted by Gasteiger charge is -2.12. The van der Waals surface area contributed by atoms with Gasteiger partial charge in [0.25, 0.3) is 0 Å². The maximum Gasteiger partial charge on any atom is 0.170 e. The summed E-state index contributed by atoms with van der Waals surface area (Å²) in [6, 6.07) is 9.91. The minimum Gasteiger partial charge on any atom is -0.362 e. The molecule has 0 amide bonds. The summed E-state index contributed by atoms with van der Waals surface area (Å²) in [5, 5.41) is 17.0. The summed E-state index contributed by atoms with van der Waals surface area (Å²) >= 11 is 11.8. The van der Waals surface area contributed by atoms with Crippen molar-refractivity contribution in [2.45, 2.75) is 47.2 Å². The number of rotatable bonds is 7. The first kappa shape index (κ1) is 21.3. The van der Waals surface area contributed by atoms with Gasteiger partial charge in [-0.25, -0.2) is 0 Å². The van der Waals surface area contributed by atoms with Crippen LogP contribution in [0.15, 0.2) is 30.3 Å². The highest BCUT2D eigenvalue weighted by molar-refractivity contribution is 7.80. The first-order valence-corrected chi connectivity index (χ1v) is 10.5. The van der Waals surface area contributed by atoms with E-state index in [0.29, 0.717) is 11.7 Å². The highest BCUT2D eigenvalue weighted by Gasteiger charge is 2.14. The fourth-order valence-electron chi connectivity index (χ4n) is 3.31. The molecule has 0 spiro atoms. The number of benzene rings is 1. The standard InChI is InChI=1S/C21H27ClN6S/c1-14-12-15(2)27(25-14)11-7-10-23-21(29)24-20-16(3)26-28(17(20)4)13-18-8-5-6-9-19(18)22/h5-6,8-9,12H,7,10-11,13H2,1-4H3,(H2,23,24,29). The van der Waals surface area contributed by atoms with E-state index in [1.54, 1.807) is 0 Å². The molecule has 0 aliphatic rings. The van der Waals surface area contributed by atoms with Crippen LogP contribution in [0.1, 0.15) is 34.8 Å². The molecule has 3 rings (SSSR count). The molecule has 2 aromatic heterocycles. The van der Waals surface area contributed by atoms with Crippen molar-refractivity contribution in [2.75, 3.05) is 11.9 Å². The summed E-state index contributed by atoms with van der Waals surface area (Å²) in [5.41, 5.74) is 6.13. The predicted molar refractivity (Wildman–Crippen MR) is 123 cm³/mol. The van der Waals surface area contributed by atoms with Gasteiger partial charge in [-0.15, -0.1) is 0 Å². The number of hydrogen-bond donors (Lipinski definition) is 2. The van der Waals surface area contributed by atoms with Gasteiger partial charge in [0.2, 0.25) is 0 Å². The van der Waals surface area contributed by atoms with Gasteiger partial charge < -0.3 is 10.6 Å². The highest BCUT2D eigenvalue weighted by atomic mass is 35.5. The van der Waals surface area contributed by atoms with Crippen LogP contribution in [0.25, 0.3) is 0 Å². The molecule has 3 aromatic rings. The van der Waals surface area contributed by atoms with Crippen molar-refractivity contribution in [2.24, 2.45) is 0 Å². The first-order valence-electron chi connectivity index (χ1n) is 9.68. The third-order valence-electron chi connectivity index (χ3n) is 4.83. The van der Waals surface area contributed by atoms with Gasteiger partial charge in [-0.05, 0) is 64.0 Å². The number of nitrogens with one attached hydrogen (secondary N) is 2. The van der Waals surface area contributed by atoms with Crippen molar-refractivity contribution >= 4 is 34.6 Å². The second-order valence-electron chi connectivity index (χ2n) is 7.18.